The van der Waals surface area contributed by atoms with E-state index in [1.54, 1.807) is 20.8 Å². The number of alkyl halides is 1. The van der Waals surface area contributed by atoms with Crippen LogP contribution in [0.5, 0.6) is 0 Å². The van der Waals surface area contributed by atoms with E-state index in [-0.39, 0.29) is 5.92 Å². The zero-order chi connectivity index (χ0) is 13.8. The predicted molar refractivity (Wildman–Crippen MR) is 66.1 cm³/mol. The van der Waals surface area contributed by atoms with E-state index in [4.69, 9.17) is 21.4 Å². The summed E-state index contributed by atoms with van der Waals surface area (Å²) in [5.74, 6) is -2.50. The van der Waals surface area contributed by atoms with Crippen LogP contribution in [-0.4, -0.2) is 28.0 Å². The molecule has 0 spiro atoms. The number of ether oxygens (including phenoxy) is 1. The summed E-state index contributed by atoms with van der Waals surface area (Å²) < 4.78 is 5.08. The summed E-state index contributed by atoms with van der Waals surface area (Å²) in [5.41, 5.74) is -0.662. The van der Waals surface area contributed by atoms with Crippen molar-refractivity contribution in [2.45, 2.75) is 52.0 Å². The molecule has 0 rings (SSSR count). The molecule has 0 unspecified atom stereocenters. The molecule has 0 aliphatic carbocycles. The third-order valence-corrected chi connectivity index (χ3v) is 2.51. The van der Waals surface area contributed by atoms with Gasteiger partial charge in [0.2, 0.25) is 0 Å². The van der Waals surface area contributed by atoms with Crippen LogP contribution in [0.1, 0.15) is 41.0 Å². The molecule has 0 bridgehead atoms. The first-order valence-electron chi connectivity index (χ1n) is 5.64. The van der Waals surface area contributed by atoms with E-state index in [0.29, 0.717) is 6.42 Å². The van der Waals surface area contributed by atoms with Gasteiger partial charge in [0.1, 0.15) is 11.0 Å². The number of hydrogen-bond acceptors (Lipinski definition) is 3. The van der Waals surface area contributed by atoms with Crippen LogP contribution in [0.25, 0.3) is 0 Å². The first-order valence-corrected chi connectivity index (χ1v) is 6.08. The van der Waals surface area contributed by atoms with E-state index in [2.05, 4.69) is 0 Å². The Morgan fingerprint density at radius 2 is 1.76 bits per heavy atom. The summed E-state index contributed by atoms with van der Waals surface area (Å²) in [5, 5.41) is 7.90. The molecule has 0 saturated carbocycles. The Morgan fingerprint density at radius 1 is 1.29 bits per heavy atom. The van der Waals surface area contributed by atoms with Gasteiger partial charge >= 0.3 is 11.9 Å². The van der Waals surface area contributed by atoms with Gasteiger partial charge in [0.05, 0.1) is 5.92 Å². The van der Waals surface area contributed by atoms with Crippen LogP contribution in [0, 0.1) is 11.8 Å². The van der Waals surface area contributed by atoms with Crippen molar-refractivity contribution in [2.24, 2.45) is 11.8 Å². The molecule has 0 radical (unpaired) electrons. The van der Waals surface area contributed by atoms with Gasteiger partial charge in [0, 0.05) is 0 Å². The molecular weight excluding hydrogens is 244 g/mol. The monoisotopic (exact) mass is 264 g/mol. The Bertz CT molecular complexity index is 281. The van der Waals surface area contributed by atoms with Crippen molar-refractivity contribution < 1.29 is 19.4 Å². The summed E-state index contributed by atoms with van der Waals surface area (Å²) in [6.45, 7) is 8.91. The zero-order valence-electron chi connectivity index (χ0n) is 11.0. The topological polar surface area (TPSA) is 63.6 Å². The van der Waals surface area contributed by atoms with Crippen molar-refractivity contribution >= 4 is 23.5 Å². The maximum Gasteiger partial charge on any atom is 0.325 e. The normalized spacial score (nSPS) is 15.5. The van der Waals surface area contributed by atoms with Gasteiger partial charge in [-0.25, -0.2) is 0 Å². The first kappa shape index (κ1) is 16.2. The second-order valence-electron chi connectivity index (χ2n) is 5.51. The maximum absolute atomic E-state index is 11.7. The van der Waals surface area contributed by atoms with E-state index in [1.165, 1.54) is 0 Å². The number of aliphatic carboxylic acids is 1. The van der Waals surface area contributed by atoms with E-state index in [0.717, 1.165) is 0 Å². The predicted octanol–water partition coefficient (Wildman–Crippen LogP) is 2.68. The van der Waals surface area contributed by atoms with E-state index >= 15 is 0 Å². The maximum atomic E-state index is 11.7. The van der Waals surface area contributed by atoms with E-state index < -0.39 is 28.8 Å². The number of hydrogen-bond donors (Lipinski definition) is 1. The van der Waals surface area contributed by atoms with Gasteiger partial charge in [-0.05, 0) is 33.1 Å². The minimum atomic E-state index is -1.14. The van der Waals surface area contributed by atoms with Crippen molar-refractivity contribution in [2.75, 3.05) is 0 Å². The van der Waals surface area contributed by atoms with Crippen molar-refractivity contribution in [1.29, 1.82) is 0 Å². The molecule has 0 heterocycles. The second kappa shape index (κ2) is 6.24. The van der Waals surface area contributed by atoms with Gasteiger partial charge < -0.3 is 9.84 Å². The third-order valence-electron chi connectivity index (χ3n) is 2.03. The summed E-state index contributed by atoms with van der Waals surface area (Å²) in [4.78, 5) is 22.7. The smallest absolute Gasteiger partial charge is 0.325 e. The number of rotatable bonds is 5. The van der Waals surface area contributed by atoms with Gasteiger partial charge in [-0.15, -0.1) is 11.6 Å². The van der Waals surface area contributed by atoms with Crippen LogP contribution < -0.4 is 0 Å². The first-order chi connectivity index (χ1) is 7.54. The Labute approximate surface area is 107 Å². The lowest BCUT2D eigenvalue weighted by molar-refractivity contribution is -0.159. The van der Waals surface area contributed by atoms with Crippen molar-refractivity contribution in [3.63, 3.8) is 0 Å². The minimum absolute atomic E-state index is 0.153. The molecule has 0 aliphatic rings. The van der Waals surface area contributed by atoms with Gasteiger partial charge in [-0.1, -0.05) is 13.8 Å². The van der Waals surface area contributed by atoms with Crippen molar-refractivity contribution in [1.82, 2.24) is 0 Å². The van der Waals surface area contributed by atoms with E-state index in [1.807, 2.05) is 13.8 Å². The molecule has 5 heteroatoms. The Kier molecular flexibility index (Phi) is 5.96. The number of carbonyl (C=O) groups is 2. The van der Waals surface area contributed by atoms with Gasteiger partial charge in [-0.3, -0.25) is 9.59 Å². The van der Waals surface area contributed by atoms with Crippen LogP contribution in [0.4, 0.5) is 0 Å². The average Bonchev–Trinajstić information content (AvgIpc) is 2.09. The summed E-state index contributed by atoms with van der Waals surface area (Å²) in [6, 6.07) is 0. The number of esters is 1. The molecule has 0 fully saturated rings. The van der Waals surface area contributed by atoms with Crippen LogP contribution in [-0.2, 0) is 14.3 Å². The van der Waals surface area contributed by atoms with Crippen molar-refractivity contribution in [3.05, 3.63) is 0 Å². The van der Waals surface area contributed by atoms with Crippen LogP contribution in [0.15, 0.2) is 0 Å². The minimum Gasteiger partial charge on any atom is -0.481 e. The average molecular weight is 265 g/mol. The lowest BCUT2D eigenvalue weighted by Gasteiger charge is -2.24. The van der Waals surface area contributed by atoms with Gasteiger partial charge in [0.25, 0.3) is 0 Å². The molecule has 1 N–H and O–H groups in total. The molecule has 100 valence electrons. The highest BCUT2D eigenvalue weighted by atomic mass is 35.5. The van der Waals surface area contributed by atoms with Gasteiger partial charge in [-0.2, -0.15) is 0 Å². The fourth-order valence-corrected chi connectivity index (χ4v) is 1.63. The molecular formula is C12H21ClO4. The molecule has 0 aromatic carbocycles. The molecule has 0 aromatic rings. The molecule has 0 saturated heterocycles. The number of carboxylic acid groups (broad SMARTS) is 1. The molecule has 17 heavy (non-hydrogen) atoms. The number of halogens is 1. The third kappa shape index (κ3) is 6.51. The summed E-state index contributed by atoms with van der Waals surface area (Å²) in [6.07, 6.45) is 0.350. The molecule has 4 nitrogen and oxygen atoms in total. The van der Waals surface area contributed by atoms with E-state index in [9.17, 15) is 9.59 Å². The highest BCUT2D eigenvalue weighted by molar-refractivity contribution is 6.31. The summed E-state index contributed by atoms with van der Waals surface area (Å²) in [7, 11) is 0. The fraction of sp³-hybridized carbons (Fsp3) is 0.833. The number of carboxylic acids is 1. The summed E-state index contributed by atoms with van der Waals surface area (Å²) >= 11 is 5.89. The van der Waals surface area contributed by atoms with Crippen molar-refractivity contribution in [3.8, 4) is 0 Å². The molecule has 0 amide bonds. The lowest BCUT2D eigenvalue weighted by atomic mass is 9.94. The SMILES string of the molecule is CC(C)C[C@@H](C(=O)O)[C@@H](Cl)C(=O)OC(C)(C)C. The number of carbonyl (C=O) groups excluding carboxylic acids is 1. The standard InChI is InChI=1S/C12H21ClO4/c1-7(2)6-8(10(14)15)9(13)11(16)17-12(3,4)5/h7-9H,6H2,1-5H3,(H,14,15)/t8-,9-/m1/s1. The molecule has 0 aliphatic heterocycles. The zero-order valence-corrected chi connectivity index (χ0v) is 11.7. The fourth-order valence-electron chi connectivity index (χ4n) is 1.38. The second-order valence-corrected chi connectivity index (χ2v) is 5.98. The largest absolute Gasteiger partial charge is 0.481 e. The highest BCUT2D eigenvalue weighted by Gasteiger charge is 2.35. The Hall–Kier alpha value is -0.770. The Balaban J connectivity index is 4.67. The van der Waals surface area contributed by atoms with Crippen LogP contribution in [0.3, 0.4) is 0 Å². The molecule has 2 atom stereocenters. The van der Waals surface area contributed by atoms with Crippen LogP contribution in [0.2, 0.25) is 0 Å². The Morgan fingerprint density at radius 3 is 2.06 bits per heavy atom. The molecule has 0 aromatic heterocycles. The highest BCUT2D eigenvalue weighted by Crippen LogP contribution is 2.23. The van der Waals surface area contributed by atoms with Crippen LogP contribution >= 0.6 is 11.6 Å². The quantitative estimate of drug-likeness (QED) is 0.613. The lowest BCUT2D eigenvalue weighted by Crippen LogP contribution is -2.37. The van der Waals surface area contributed by atoms with Gasteiger partial charge in [0.15, 0.2) is 0 Å².